The van der Waals surface area contributed by atoms with E-state index in [2.05, 4.69) is 10.0 Å². The Morgan fingerprint density at radius 2 is 2.00 bits per heavy atom. The Hall–Kier alpha value is -2.61. The van der Waals surface area contributed by atoms with E-state index in [0.717, 1.165) is 0 Å². The second-order valence-corrected chi connectivity index (χ2v) is 7.11. The van der Waals surface area contributed by atoms with Crippen LogP contribution in [0.2, 0.25) is 0 Å². The Morgan fingerprint density at radius 3 is 2.75 bits per heavy atom. The maximum Gasteiger partial charge on any atom is 0.265 e. The van der Waals surface area contributed by atoms with Crippen molar-refractivity contribution in [2.45, 2.75) is 24.8 Å². The number of hydrogen-bond acceptors (Lipinski definition) is 4. The SMILES string of the molecule is Cc1c(F)cccc1NS(=O)(=O)c1ccc2c(c1)NC(=O)[C@@H](C)O2. The maximum atomic E-state index is 13.6. The van der Waals surface area contributed by atoms with Crippen molar-refractivity contribution in [1.29, 1.82) is 0 Å². The molecule has 0 bridgehead atoms. The molecule has 0 aliphatic carbocycles. The molecule has 8 heteroatoms. The van der Waals surface area contributed by atoms with E-state index in [-0.39, 0.29) is 27.7 Å². The summed E-state index contributed by atoms with van der Waals surface area (Å²) in [7, 11) is -3.94. The van der Waals surface area contributed by atoms with Crippen LogP contribution >= 0.6 is 0 Å². The Bertz CT molecular complexity index is 928. The van der Waals surface area contributed by atoms with Crippen molar-refractivity contribution in [2.75, 3.05) is 10.0 Å². The van der Waals surface area contributed by atoms with Crippen LogP contribution in [0.25, 0.3) is 0 Å². The molecule has 1 amide bonds. The minimum Gasteiger partial charge on any atom is -0.479 e. The monoisotopic (exact) mass is 350 g/mol. The fourth-order valence-electron chi connectivity index (χ4n) is 2.28. The van der Waals surface area contributed by atoms with Gasteiger partial charge in [0.05, 0.1) is 16.3 Å². The quantitative estimate of drug-likeness (QED) is 0.891. The van der Waals surface area contributed by atoms with Crippen LogP contribution in [0.15, 0.2) is 41.3 Å². The van der Waals surface area contributed by atoms with Crippen LogP contribution in [-0.4, -0.2) is 20.4 Å². The second-order valence-electron chi connectivity index (χ2n) is 5.43. The van der Waals surface area contributed by atoms with Crippen LogP contribution in [0.3, 0.4) is 0 Å². The molecule has 6 nitrogen and oxygen atoms in total. The number of carbonyl (C=O) groups excluding carboxylic acids is 1. The number of anilines is 2. The Kier molecular flexibility index (Phi) is 3.92. The first-order valence-corrected chi connectivity index (χ1v) is 8.66. The summed E-state index contributed by atoms with van der Waals surface area (Å²) < 4.78 is 46.3. The van der Waals surface area contributed by atoms with Crippen LogP contribution in [0.1, 0.15) is 12.5 Å². The number of carbonyl (C=O) groups is 1. The van der Waals surface area contributed by atoms with Gasteiger partial charge >= 0.3 is 0 Å². The van der Waals surface area contributed by atoms with Crippen molar-refractivity contribution in [2.24, 2.45) is 0 Å². The van der Waals surface area contributed by atoms with Gasteiger partial charge in [0.25, 0.3) is 15.9 Å². The minimum absolute atomic E-state index is 0.0663. The van der Waals surface area contributed by atoms with Crippen LogP contribution in [0.5, 0.6) is 5.75 Å². The molecule has 1 atom stereocenters. The van der Waals surface area contributed by atoms with Gasteiger partial charge in [-0.05, 0) is 44.2 Å². The molecule has 126 valence electrons. The normalized spacial score (nSPS) is 16.8. The van der Waals surface area contributed by atoms with Gasteiger partial charge < -0.3 is 10.1 Å². The van der Waals surface area contributed by atoms with Crippen molar-refractivity contribution >= 4 is 27.3 Å². The van der Waals surface area contributed by atoms with Gasteiger partial charge in [-0.1, -0.05) is 6.07 Å². The molecule has 0 saturated heterocycles. The lowest BCUT2D eigenvalue weighted by Gasteiger charge is -2.23. The molecule has 0 fully saturated rings. The molecule has 1 heterocycles. The number of benzene rings is 2. The lowest BCUT2D eigenvalue weighted by Crippen LogP contribution is -2.34. The zero-order valence-corrected chi connectivity index (χ0v) is 13.8. The Balaban J connectivity index is 1.95. The summed E-state index contributed by atoms with van der Waals surface area (Å²) in [5.41, 5.74) is 0.628. The van der Waals surface area contributed by atoms with Crippen molar-refractivity contribution in [3.05, 3.63) is 47.8 Å². The zero-order valence-electron chi connectivity index (χ0n) is 13.0. The van der Waals surface area contributed by atoms with Gasteiger partial charge in [0, 0.05) is 5.56 Å². The van der Waals surface area contributed by atoms with E-state index in [4.69, 9.17) is 4.74 Å². The molecule has 3 rings (SSSR count). The third-order valence-corrected chi connectivity index (χ3v) is 5.07. The van der Waals surface area contributed by atoms with Gasteiger partial charge in [-0.25, -0.2) is 12.8 Å². The first-order chi connectivity index (χ1) is 11.3. The van der Waals surface area contributed by atoms with E-state index < -0.39 is 21.9 Å². The fraction of sp³-hybridized carbons (Fsp3) is 0.188. The molecule has 1 aliphatic heterocycles. The molecule has 24 heavy (non-hydrogen) atoms. The van der Waals surface area contributed by atoms with Crippen molar-refractivity contribution in [3.8, 4) is 5.75 Å². The molecule has 2 N–H and O–H groups in total. The van der Waals surface area contributed by atoms with Crippen LogP contribution in [0, 0.1) is 12.7 Å². The number of ether oxygens (including phenoxy) is 1. The van der Waals surface area contributed by atoms with Gasteiger partial charge in [0.15, 0.2) is 6.10 Å². The number of sulfonamides is 1. The molecule has 0 saturated carbocycles. The van der Waals surface area contributed by atoms with Crippen molar-refractivity contribution in [3.63, 3.8) is 0 Å². The Labute approximate surface area is 138 Å². The molecule has 0 aromatic heterocycles. The van der Waals surface area contributed by atoms with Crippen molar-refractivity contribution < 1.29 is 22.3 Å². The summed E-state index contributed by atoms with van der Waals surface area (Å²) >= 11 is 0. The average molecular weight is 350 g/mol. The smallest absolute Gasteiger partial charge is 0.265 e. The predicted molar refractivity (Wildman–Crippen MR) is 87.1 cm³/mol. The first kappa shape index (κ1) is 16.3. The zero-order chi connectivity index (χ0) is 17.5. The van der Waals surface area contributed by atoms with Crippen LogP contribution in [0.4, 0.5) is 15.8 Å². The first-order valence-electron chi connectivity index (χ1n) is 7.17. The van der Waals surface area contributed by atoms with Gasteiger partial charge in [-0.2, -0.15) is 0 Å². The summed E-state index contributed by atoms with van der Waals surface area (Å²) in [4.78, 5) is 11.6. The van der Waals surface area contributed by atoms with Gasteiger partial charge in [-0.3, -0.25) is 9.52 Å². The van der Waals surface area contributed by atoms with E-state index >= 15 is 0 Å². The predicted octanol–water partition coefficient (Wildman–Crippen LogP) is 2.65. The lowest BCUT2D eigenvalue weighted by molar-refractivity contribution is -0.122. The van der Waals surface area contributed by atoms with Gasteiger partial charge in [0.2, 0.25) is 0 Å². The third-order valence-electron chi connectivity index (χ3n) is 3.70. The largest absolute Gasteiger partial charge is 0.479 e. The highest BCUT2D eigenvalue weighted by molar-refractivity contribution is 7.92. The molecule has 0 radical (unpaired) electrons. The second kappa shape index (κ2) is 5.79. The summed E-state index contributed by atoms with van der Waals surface area (Å²) in [5.74, 6) is -0.468. The number of amides is 1. The molecule has 0 spiro atoms. The van der Waals surface area contributed by atoms with E-state index in [1.807, 2.05) is 0 Å². The fourth-order valence-corrected chi connectivity index (χ4v) is 3.43. The highest BCUT2D eigenvalue weighted by atomic mass is 32.2. The Morgan fingerprint density at radius 1 is 1.25 bits per heavy atom. The molecule has 0 unspecified atom stereocenters. The summed E-state index contributed by atoms with van der Waals surface area (Å²) in [5, 5.41) is 2.59. The van der Waals surface area contributed by atoms with Crippen LogP contribution < -0.4 is 14.8 Å². The number of rotatable bonds is 3. The number of fused-ring (bicyclic) bond motifs is 1. The molecule has 1 aliphatic rings. The molecule has 2 aromatic rings. The standard InChI is InChI=1S/C16H15FN2O4S/c1-9-12(17)4-3-5-13(9)19-24(21,22)11-6-7-15-14(8-11)18-16(20)10(2)23-15/h3-8,10,19H,1-2H3,(H,18,20)/t10-/m1/s1. The number of hydrogen-bond donors (Lipinski definition) is 2. The molecular formula is C16H15FN2O4S. The maximum absolute atomic E-state index is 13.6. The summed E-state index contributed by atoms with van der Waals surface area (Å²) in [6, 6.07) is 8.28. The minimum atomic E-state index is -3.94. The van der Waals surface area contributed by atoms with E-state index in [9.17, 15) is 17.6 Å². The molecular weight excluding hydrogens is 335 g/mol. The topological polar surface area (TPSA) is 84.5 Å². The van der Waals surface area contributed by atoms with Crippen LogP contribution in [-0.2, 0) is 14.8 Å². The van der Waals surface area contributed by atoms with Gasteiger partial charge in [-0.15, -0.1) is 0 Å². The summed E-state index contributed by atoms with van der Waals surface area (Å²) in [6.07, 6.45) is -0.645. The highest BCUT2D eigenvalue weighted by Crippen LogP contribution is 2.32. The van der Waals surface area contributed by atoms with Gasteiger partial charge in [0.1, 0.15) is 11.6 Å². The third kappa shape index (κ3) is 2.92. The lowest BCUT2D eigenvalue weighted by atomic mass is 10.2. The highest BCUT2D eigenvalue weighted by Gasteiger charge is 2.26. The summed E-state index contributed by atoms with van der Waals surface area (Å²) in [6.45, 7) is 3.08. The molecule has 2 aromatic carbocycles. The van der Waals surface area contributed by atoms with Crippen molar-refractivity contribution in [1.82, 2.24) is 0 Å². The van der Waals surface area contributed by atoms with E-state index in [1.54, 1.807) is 6.92 Å². The van der Waals surface area contributed by atoms with E-state index in [0.29, 0.717) is 5.75 Å². The average Bonchev–Trinajstić information content (AvgIpc) is 2.52. The van der Waals surface area contributed by atoms with E-state index in [1.165, 1.54) is 43.3 Å². The number of nitrogens with one attached hydrogen (secondary N) is 2. The number of halogens is 1.